The van der Waals surface area contributed by atoms with E-state index in [-0.39, 0.29) is 5.78 Å². The van der Waals surface area contributed by atoms with Crippen molar-refractivity contribution in [2.45, 2.75) is 26.9 Å². The summed E-state index contributed by atoms with van der Waals surface area (Å²) in [5.41, 5.74) is 0. The van der Waals surface area contributed by atoms with Crippen molar-refractivity contribution in [2.24, 2.45) is 5.92 Å². The Morgan fingerprint density at radius 2 is 1.61 bits per heavy atom. The molecule has 0 aromatic rings. The highest BCUT2D eigenvalue weighted by Crippen LogP contribution is 2.04. The topological polar surface area (TPSA) is 107 Å². The second-order valence-corrected chi connectivity index (χ2v) is 3.77. The van der Waals surface area contributed by atoms with Gasteiger partial charge in [0.2, 0.25) is 0 Å². The molecule has 0 aliphatic heterocycles. The van der Waals surface area contributed by atoms with Crippen LogP contribution in [0.1, 0.15) is 20.8 Å². The zero-order chi connectivity index (χ0) is 14.3. The van der Waals surface area contributed by atoms with Crippen molar-refractivity contribution in [3.05, 3.63) is 0 Å². The molecule has 2 atom stereocenters. The minimum atomic E-state index is -1.28. The zero-order valence-corrected chi connectivity index (χ0v) is 10.5. The summed E-state index contributed by atoms with van der Waals surface area (Å²) in [6, 6.07) is 0. The van der Waals surface area contributed by atoms with Crippen molar-refractivity contribution in [1.29, 1.82) is 0 Å². The first kappa shape index (κ1) is 16.2. The van der Waals surface area contributed by atoms with Gasteiger partial charge in [-0.15, -0.1) is 0 Å². The molecule has 0 radical (unpaired) electrons. The predicted octanol–water partition coefficient (Wildman–Crippen LogP) is -0.752. The number of hydrogen-bond acceptors (Lipinski definition) is 7. The molecule has 0 aromatic carbocycles. The van der Waals surface area contributed by atoms with Gasteiger partial charge in [0.1, 0.15) is 18.6 Å². The molecule has 0 aliphatic carbocycles. The summed E-state index contributed by atoms with van der Waals surface area (Å²) >= 11 is 0. The maximum Gasteiger partial charge on any atom is 0.344 e. The number of hydrogen-bond donors (Lipinski definition) is 1. The average molecular weight is 260 g/mol. The lowest BCUT2D eigenvalue weighted by molar-refractivity contribution is -0.163. The highest BCUT2D eigenvalue weighted by atomic mass is 16.6. The molecule has 1 N–H and O–H groups in total. The van der Waals surface area contributed by atoms with Crippen LogP contribution in [0.5, 0.6) is 0 Å². The van der Waals surface area contributed by atoms with Gasteiger partial charge < -0.3 is 14.6 Å². The number of carbonyl (C=O) groups excluding carboxylic acids is 4. The molecular formula is C11H16O7. The fourth-order valence-electron chi connectivity index (χ4n) is 0.957. The molecule has 7 heteroatoms. The molecule has 18 heavy (non-hydrogen) atoms. The van der Waals surface area contributed by atoms with Gasteiger partial charge in [0, 0.05) is 0 Å². The van der Waals surface area contributed by atoms with Crippen LogP contribution in [0.4, 0.5) is 0 Å². The van der Waals surface area contributed by atoms with E-state index in [1.165, 1.54) is 20.8 Å². The summed E-state index contributed by atoms with van der Waals surface area (Å²) < 4.78 is 8.95. The second kappa shape index (κ2) is 7.54. The highest BCUT2D eigenvalue weighted by Gasteiger charge is 2.26. The zero-order valence-electron chi connectivity index (χ0n) is 10.5. The Kier molecular flexibility index (Phi) is 6.81. The van der Waals surface area contributed by atoms with Crippen LogP contribution in [0.2, 0.25) is 0 Å². The Labute approximate surface area is 104 Å². The van der Waals surface area contributed by atoms with Crippen LogP contribution in [-0.2, 0) is 28.7 Å². The number of aliphatic hydroxyl groups is 1. The van der Waals surface area contributed by atoms with Gasteiger partial charge in [-0.25, -0.2) is 4.79 Å². The van der Waals surface area contributed by atoms with Crippen LogP contribution >= 0.6 is 0 Å². The van der Waals surface area contributed by atoms with Gasteiger partial charge in [0.25, 0.3) is 0 Å². The molecule has 0 aliphatic rings. The smallest absolute Gasteiger partial charge is 0.344 e. The van der Waals surface area contributed by atoms with E-state index in [1.54, 1.807) is 0 Å². The Hall–Kier alpha value is -1.76. The Morgan fingerprint density at radius 1 is 1.06 bits per heavy atom. The third-order valence-corrected chi connectivity index (χ3v) is 1.96. The van der Waals surface area contributed by atoms with E-state index in [0.29, 0.717) is 0 Å². The van der Waals surface area contributed by atoms with Crippen molar-refractivity contribution in [3.63, 3.8) is 0 Å². The third-order valence-electron chi connectivity index (χ3n) is 1.96. The number of ether oxygens (including phenoxy) is 2. The van der Waals surface area contributed by atoms with Crippen LogP contribution in [0, 0.1) is 5.92 Å². The number of ketones is 2. The van der Waals surface area contributed by atoms with Crippen LogP contribution < -0.4 is 0 Å². The van der Waals surface area contributed by atoms with Gasteiger partial charge in [-0.05, 0) is 20.8 Å². The Morgan fingerprint density at radius 3 is 2.06 bits per heavy atom. The van der Waals surface area contributed by atoms with Crippen molar-refractivity contribution < 1.29 is 33.8 Å². The normalized spacial score (nSPS) is 13.3. The number of rotatable bonds is 7. The van der Waals surface area contributed by atoms with Crippen molar-refractivity contribution in [2.75, 3.05) is 13.2 Å². The van der Waals surface area contributed by atoms with E-state index in [1.807, 2.05) is 0 Å². The van der Waals surface area contributed by atoms with E-state index in [4.69, 9.17) is 5.11 Å². The molecule has 0 saturated carbocycles. The Bertz CT molecular complexity index is 345. The first-order valence-corrected chi connectivity index (χ1v) is 5.29. The van der Waals surface area contributed by atoms with E-state index >= 15 is 0 Å². The summed E-state index contributed by atoms with van der Waals surface area (Å²) in [5, 5.41) is 8.98. The predicted molar refractivity (Wildman–Crippen MR) is 58.5 cm³/mol. The van der Waals surface area contributed by atoms with Gasteiger partial charge in [-0.3, -0.25) is 14.4 Å². The maximum absolute atomic E-state index is 11.3. The van der Waals surface area contributed by atoms with E-state index in [9.17, 15) is 19.2 Å². The molecule has 2 unspecified atom stereocenters. The standard InChI is InChI=1S/C11H16O7/c1-6(12)4-17-9(14)5-18-11(16)7(2)10(15)8(3)13/h7-8,13H,4-5H2,1-3H3. The van der Waals surface area contributed by atoms with Gasteiger partial charge in [0.15, 0.2) is 18.2 Å². The average Bonchev–Trinajstić information content (AvgIpc) is 2.31. The molecule has 0 aromatic heterocycles. The van der Waals surface area contributed by atoms with Crippen molar-refractivity contribution in [1.82, 2.24) is 0 Å². The molecule has 0 bridgehead atoms. The van der Waals surface area contributed by atoms with Gasteiger partial charge >= 0.3 is 11.9 Å². The fraction of sp³-hybridized carbons (Fsp3) is 0.636. The van der Waals surface area contributed by atoms with Gasteiger partial charge in [-0.2, -0.15) is 0 Å². The monoisotopic (exact) mass is 260 g/mol. The maximum atomic E-state index is 11.3. The summed E-state index contributed by atoms with van der Waals surface area (Å²) in [5.74, 6) is -4.01. The van der Waals surface area contributed by atoms with Gasteiger partial charge in [0.05, 0.1) is 0 Å². The minimum Gasteiger partial charge on any atom is -0.455 e. The lowest BCUT2D eigenvalue weighted by Crippen LogP contribution is -2.32. The number of aliphatic hydroxyl groups excluding tert-OH is 1. The minimum absolute atomic E-state index is 0.340. The molecule has 0 amide bonds. The highest BCUT2D eigenvalue weighted by molar-refractivity contribution is 6.00. The van der Waals surface area contributed by atoms with E-state index in [2.05, 4.69) is 9.47 Å². The molecule has 0 heterocycles. The fourth-order valence-corrected chi connectivity index (χ4v) is 0.957. The van der Waals surface area contributed by atoms with Crippen LogP contribution in [0.15, 0.2) is 0 Å². The molecular weight excluding hydrogens is 244 g/mol. The number of esters is 2. The van der Waals surface area contributed by atoms with E-state index in [0.717, 1.165) is 0 Å². The van der Waals surface area contributed by atoms with Crippen molar-refractivity contribution in [3.8, 4) is 0 Å². The summed E-state index contributed by atoms with van der Waals surface area (Å²) in [7, 11) is 0. The quantitative estimate of drug-likeness (QED) is 0.474. The Balaban J connectivity index is 4.06. The molecule has 7 nitrogen and oxygen atoms in total. The van der Waals surface area contributed by atoms with Gasteiger partial charge in [-0.1, -0.05) is 0 Å². The van der Waals surface area contributed by atoms with E-state index < -0.39 is 43.0 Å². The van der Waals surface area contributed by atoms with Crippen LogP contribution in [-0.4, -0.2) is 47.9 Å². The number of Topliss-reactive ketones (excluding diaryl/α,β-unsaturated/α-hetero) is 2. The summed E-state index contributed by atoms with van der Waals surface area (Å²) in [6.07, 6.45) is -1.28. The molecule has 0 fully saturated rings. The summed E-state index contributed by atoms with van der Waals surface area (Å²) in [6.45, 7) is 2.66. The lowest BCUT2D eigenvalue weighted by atomic mass is 10.0. The molecule has 102 valence electrons. The molecule has 0 spiro atoms. The number of carbonyl (C=O) groups is 4. The lowest BCUT2D eigenvalue weighted by Gasteiger charge is -2.11. The first-order valence-electron chi connectivity index (χ1n) is 5.29. The third kappa shape index (κ3) is 6.09. The van der Waals surface area contributed by atoms with Crippen LogP contribution in [0.25, 0.3) is 0 Å². The van der Waals surface area contributed by atoms with Crippen molar-refractivity contribution >= 4 is 23.5 Å². The SMILES string of the molecule is CC(=O)COC(=O)COC(=O)C(C)C(=O)C(C)O. The summed E-state index contributed by atoms with van der Waals surface area (Å²) in [4.78, 5) is 44.0. The van der Waals surface area contributed by atoms with Crippen LogP contribution in [0.3, 0.4) is 0 Å². The molecule has 0 saturated heterocycles. The second-order valence-electron chi connectivity index (χ2n) is 3.77. The largest absolute Gasteiger partial charge is 0.455 e. The molecule has 0 rings (SSSR count). The first-order chi connectivity index (χ1) is 8.25.